The van der Waals surface area contributed by atoms with Crippen LogP contribution < -0.4 is 25.6 Å². The van der Waals surface area contributed by atoms with Crippen LogP contribution in [0.15, 0.2) is 63.1 Å². The van der Waals surface area contributed by atoms with Crippen LogP contribution in [0.1, 0.15) is 24.0 Å². The van der Waals surface area contributed by atoms with Crippen molar-refractivity contribution >= 4 is 16.9 Å². The molecule has 0 radical (unpaired) electrons. The van der Waals surface area contributed by atoms with Gasteiger partial charge in [-0.3, -0.25) is 0 Å². The van der Waals surface area contributed by atoms with Crippen molar-refractivity contribution in [1.29, 1.82) is 0 Å². The van der Waals surface area contributed by atoms with E-state index in [1.54, 1.807) is 49.4 Å². The van der Waals surface area contributed by atoms with Crippen molar-refractivity contribution in [2.45, 2.75) is 12.8 Å². The fourth-order valence-corrected chi connectivity index (χ4v) is 3.74. The molecule has 160 valence electrons. The van der Waals surface area contributed by atoms with E-state index in [0.717, 1.165) is 0 Å². The standard InChI is InChI=1S/C23H21NO7/c1-4-29-22(25)19-17(12-9-10-15(27-2)16(11-12)28-3)18-20(31-21(19)24)13-7-5-6-8-14(13)30-23(18)26/h5-11,17H,4,24H2,1-3H3. The lowest BCUT2D eigenvalue weighted by Crippen LogP contribution is -2.31. The zero-order chi connectivity index (χ0) is 22.1. The zero-order valence-electron chi connectivity index (χ0n) is 17.3. The number of rotatable bonds is 5. The number of ether oxygens (including phenoxy) is 4. The lowest BCUT2D eigenvalue weighted by atomic mass is 9.83. The second kappa shape index (κ2) is 8.06. The van der Waals surface area contributed by atoms with Crippen LogP contribution in [0, 0.1) is 0 Å². The molecule has 0 bridgehead atoms. The number of hydrogen-bond acceptors (Lipinski definition) is 8. The predicted molar refractivity (Wildman–Crippen MR) is 112 cm³/mol. The zero-order valence-corrected chi connectivity index (χ0v) is 17.3. The maximum atomic E-state index is 13.1. The number of hydrogen-bond donors (Lipinski definition) is 1. The van der Waals surface area contributed by atoms with E-state index in [2.05, 4.69) is 0 Å². The van der Waals surface area contributed by atoms with E-state index in [4.69, 9.17) is 29.1 Å². The third-order valence-electron chi connectivity index (χ3n) is 5.09. The van der Waals surface area contributed by atoms with Crippen LogP contribution >= 0.6 is 0 Å². The van der Waals surface area contributed by atoms with Crippen LogP contribution in [0.2, 0.25) is 0 Å². The second-order valence-corrected chi connectivity index (χ2v) is 6.78. The number of methoxy groups -OCH3 is 2. The van der Waals surface area contributed by atoms with Gasteiger partial charge in [-0.2, -0.15) is 0 Å². The van der Waals surface area contributed by atoms with Crippen molar-refractivity contribution in [3.63, 3.8) is 0 Å². The Hall–Kier alpha value is -3.94. The lowest BCUT2D eigenvalue weighted by molar-refractivity contribution is -0.139. The second-order valence-electron chi connectivity index (χ2n) is 6.78. The maximum Gasteiger partial charge on any atom is 0.344 e. The highest BCUT2D eigenvalue weighted by Crippen LogP contribution is 2.45. The summed E-state index contributed by atoms with van der Waals surface area (Å²) in [5, 5.41) is 0.563. The minimum absolute atomic E-state index is 0.0177. The molecule has 1 aliphatic rings. The van der Waals surface area contributed by atoms with Crippen molar-refractivity contribution in [1.82, 2.24) is 0 Å². The molecular formula is C23H21NO7. The number of benzene rings is 2. The van der Waals surface area contributed by atoms with E-state index in [0.29, 0.717) is 28.0 Å². The molecule has 1 aliphatic heterocycles. The molecule has 0 spiro atoms. The third kappa shape index (κ3) is 3.35. The molecule has 3 aromatic rings. The molecule has 1 atom stereocenters. The summed E-state index contributed by atoms with van der Waals surface area (Å²) in [6.07, 6.45) is 0. The van der Waals surface area contributed by atoms with Gasteiger partial charge >= 0.3 is 11.6 Å². The summed E-state index contributed by atoms with van der Waals surface area (Å²) in [7, 11) is 3.02. The van der Waals surface area contributed by atoms with E-state index in [9.17, 15) is 9.59 Å². The molecule has 1 aromatic heterocycles. The molecule has 31 heavy (non-hydrogen) atoms. The van der Waals surface area contributed by atoms with Gasteiger partial charge in [-0.15, -0.1) is 0 Å². The van der Waals surface area contributed by atoms with Gasteiger partial charge in [0.05, 0.1) is 37.7 Å². The van der Waals surface area contributed by atoms with Gasteiger partial charge in [0.2, 0.25) is 5.88 Å². The molecular weight excluding hydrogens is 402 g/mol. The summed E-state index contributed by atoms with van der Waals surface area (Å²) in [6, 6.07) is 12.0. The van der Waals surface area contributed by atoms with Crippen LogP contribution in [0.25, 0.3) is 11.0 Å². The van der Waals surface area contributed by atoms with Gasteiger partial charge in [0.25, 0.3) is 0 Å². The summed E-state index contributed by atoms with van der Waals surface area (Å²) < 4.78 is 27.2. The van der Waals surface area contributed by atoms with Gasteiger partial charge < -0.3 is 29.1 Å². The smallest absolute Gasteiger partial charge is 0.344 e. The van der Waals surface area contributed by atoms with Gasteiger partial charge in [0, 0.05) is 0 Å². The Labute approximate surface area is 177 Å². The van der Waals surface area contributed by atoms with E-state index >= 15 is 0 Å². The number of carbonyl (C=O) groups excluding carboxylic acids is 1. The summed E-state index contributed by atoms with van der Waals surface area (Å²) in [4.78, 5) is 25.9. The quantitative estimate of drug-likeness (QED) is 0.492. The molecule has 0 saturated heterocycles. The SMILES string of the molecule is CCOC(=O)C1=C(N)Oc2c(c(=O)oc3ccccc23)C1c1ccc(OC)c(OC)c1. The Kier molecular flexibility index (Phi) is 5.29. The maximum absolute atomic E-state index is 13.1. The van der Waals surface area contributed by atoms with E-state index in [1.165, 1.54) is 14.2 Å². The topological polar surface area (TPSA) is 110 Å². The molecule has 0 aliphatic carbocycles. The highest BCUT2D eigenvalue weighted by molar-refractivity contribution is 5.94. The molecule has 0 fully saturated rings. The van der Waals surface area contributed by atoms with Crippen LogP contribution in [0.5, 0.6) is 17.2 Å². The van der Waals surface area contributed by atoms with Gasteiger partial charge in [-0.25, -0.2) is 9.59 Å². The van der Waals surface area contributed by atoms with Crippen molar-refractivity contribution in [2.24, 2.45) is 5.73 Å². The largest absolute Gasteiger partial charge is 0.493 e. The monoisotopic (exact) mass is 423 g/mol. The normalized spacial score (nSPS) is 15.3. The molecule has 0 amide bonds. The Balaban J connectivity index is 2.03. The average Bonchev–Trinajstić information content (AvgIpc) is 2.77. The number of fused-ring (bicyclic) bond motifs is 3. The van der Waals surface area contributed by atoms with Crippen LogP contribution in [0.4, 0.5) is 0 Å². The van der Waals surface area contributed by atoms with E-state index in [1.807, 2.05) is 0 Å². The Morgan fingerprint density at radius 1 is 1.10 bits per heavy atom. The van der Waals surface area contributed by atoms with Crippen molar-refractivity contribution in [3.05, 3.63) is 75.5 Å². The number of carbonyl (C=O) groups is 1. The Morgan fingerprint density at radius 2 is 1.84 bits per heavy atom. The van der Waals surface area contributed by atoms with Gasteiger partial charge in [-0.1, -0.05) is 18.2 Å². The highest BCUT2D eigenvalue weighted by atomic mass is 16.5. The van der Waals surface area contributed by atoms with Crippen molar-refractivity contribution in [3.8, 4) is 17.2 Å². The van der Waals surface area contributed by atoms with Crippen molar-refractivity contribution in [2.75, 3.05) is 20.8 Å². The van der Waals surface area contributed by atoms with Crippen LogP contribution in [-0.2, 0) is 9.53 Å². The molecule has 2 heterocycles. The first kappa shape index (κ1) is 20.3. The first-order chi connectivity index (χ1) is 15.0. The number of esters is 1. The van der Waals surface area contributed by atoms with Gasteiger partial charge in [0.15, 0.2) is 17.2 Å². The summed E-state index contributed by atoms with van der Waals surface area (Å²) in [5.41, 5.74) is 6.64. The minimum Gasteiger partial charge on any atom is -0.493 e. The Morgan fingerprint density at radius 3 is 2.55 bits per heavy atom. The molecule has 2 N–H and O–H groups in total. The fourth-order valence-electron chi connectivity index (χ4n) is 3.74. The molecule has 0 saturated carbocycles. The van der Waals surface area contributed by atoms with Gasteiger partial charge in [-0.05, 0) is 36.8 Å². The van der Waals surface area contributed by atoms with Gasteiger partial charge in [0.1, 0.15) is 11.2 Å². The van der Waals surface area contributed by atoms with Crippen molar-refractivity contribution < 1.29 is 28.2 Å². The van der Waals surface area contributed by atoms with Crippen LogP contribution in [0.3, 0.4) is 0 Å². The molecule has 8 heteroatoms. The minimum atomic E-state index is -0.886. The number of nitrogens with two attached hydrogens (primary N) is 1. The Bertz CT molecular complexity index is 1260. The number of para-hydroxylation sites is 1. The third-order valence-corrected chi connectivity index (χ3v) is 5.09. The predicted octanol–water partition coefficient (Wildman–Crippen LogP) is 3.07. The first-order valence-electron chi connectivity index (χ1n) is 9.62. The van der Waals surface area contributed by atoms with Crippen LogP contribution in [-0.4, -0.2) is 26.8 Å². The van der Waals surface area contributed by atoms with E-state index in [-0.39, 0.29) is 29.4 Å². The highest BCUT2D eigenvalue weighted by Gasteiger charge is 2.39. The first-order valence-corrected chi connectivity index (χ1v) is 9.62. The summed E-state index contributed by atoms with van der Waals surface area (Å²) in [6.45, 7) is 1.81. The van der Waals surface area contributed by atoms with E-state index < -0.39 is 17.5 Å². The molecule has 4 rings (SSSR count). The average molecular weight is 423 g/mol. The molecule has 1 unspecified atom stereocenters. The summed E-state index contributed by atoms with van der Waals surface area (Å²) in [5.74, 6) is -0.529. The molecule has 8 nitrogen and oxygen atoms in total. The lowest BCUT2D eigenvalue weighted by Gasteiger charge is -2.28. The fraction of sp³-hybridized carbons (Fsp3) is 0.217. The summed E-state index contributed by atoms with van der Waals surface area (Å²) >= 11 is 0. The molecule has 2 aromatic carbocycles.